The SMILES string of the molecule is O=C(Cc1ccccn1)c1ccc(F)cc1Cl. The summed E-state index contributed by atoms with van der Waals surface area (Å²) in [5.41, 5.74) is 0.983. The maximum absolute atomic E-state index is 12.8. The van der Waals surface area contributed by atoms with E-state index in [0.29, 0.717) is 11.3 Å². The van der Waals surface area contributed by atoms with Crippen molar-refractivity contribution < 1.29 is 9.18 Å². The highest BCUT2D eigenvalue weighted by Gasteiger charge is 2.12. The highest BCUT2D eigenvalue weighted by atomic mass is 35.5. The Kier molecular flexibility index (Phi) is 3.49. The quantitative estimate of drug-likeness (QED) is 0.782. The number of pyridine rings is 1. The normalized spacial score (nSPS) is 10.2. The number of benzene rings is 1. The van der Waals surface area contributed by atoms with Gasteiger partial charge in [-0.2, -0.15) is 0 Å². The summed E-state index contributed by atoms with van der Waals surface area (Å²) in [5.74, 6) is -0.627. The van der Waals surface area contributed by atoms with E-state index >= 15 is 0 Å². The van der Waals surface area contributed by atoms with Crippen LogP contribution >= 0.6 is 11.6 Å². The van der Waals surface area contributed by atoms with Gasteiger partial charge in [-0.15, -0.1) is 0 Å². The van der Waals surface area contributed by atoms with Gasteiger partial charge >= 0.3 is 0 Å². The van der Waals surface area contributed by atoms with Crippen LogP contribution in [0.5, 0.6) is 0 Å². The summed E-state index contributed by atoms with van der Waals surface area (Å²) in [5, 5.41) is 0.130. The number of carbonyl (C=O) groups is 1. The van der Waals surface area contributed by atoms with Gasteiger partial charge in [0.15, 0.2) is 5.78 Å². The summed E-state index contributed by atoms with van der Waals surface area (Å²) < 4.78 is 12.8. The Morgan fingerprint density at radius 2 is 2.12 bits per heavy atom. The lowest BCUT2D eigenvalue weighted by molar-refractivity contribution is 0.0992. The van der Waals surface area contributed by atoms with Crippen molar-refractivity contribution in [3.05, 3.63) is 64.7 Å². The van der Waals surface area contributed by atoms with Crippen LogP contribution in [0.2, 0.25) is 5.02 Å². The molecule has 0 aliphatic rings. The van der Waals surface area contributed by atoms with Crippen LogP contribution in [-0.4, -0.2) is 10.8 Å². The lowest BCUT2D eigenvalue weighted by Gasteiger charge is -2.03. The van der Waals surface area contributed by atoms with Crippen LogP contribution in [0.15, 0.2) is 42.6 Å². The third kappa shape index (κ3) is 2.88. The lowest BCUT2D eigenvalue weighted by Crippen LogP contribution is -2.05. The van der Waals surface area contributed by atoms with E-state index in [2.05, 4.69) is 4.98 Å². The Morgan fingerprint density at radius 1 is 1.29 bits per heavy atom. The summed E-state index contributed by atoms with van der Waals surface area (Å²) >= 11 is 5.81. The zero-order chi connectivity index (χ0) is 12.3. The van der Waals surface area contributed by atoms with E-state index in [4.69, 9.17) is 11.6 Å². The van der Waals surface area contributed by atoms with Crippen LogP contribution < -0.4 is 0 Å². The summed E-state index contributed by atoms with van der Waals surface area (Å²) in [4.78, 5) is 16.0. The van der Waals surface area contributed by atoms with Crippen molar-refractivity contribution in [1.29, 1.82) is 0 Å². The molecule has 0 unspecified atom stereocenters. The summed E-state index contributed by atoms with van der Waals surface area (Å²) in [6, 6.07) is 9.09. The van der Waals surface area contributed by atoms with E-state index in [1.165, 1.54) is 12.1 Å². The van der Waals surface area contributed by atoms with Gasteiger partial charge in [-0.05, 0) is 30.3 Å². The molecule has 0 aliphatic heterocycles. The molecular weight excluding hydrogens is 241 g/mol. The first-order valence-electron chi connectivity index (χ1n) is 5.05. The van der Waals surface area contributed by atoms with E-state index in [-0.39, 0.29) is 17.2 Å². The summed E-state index contributed by atoms with van der Waals surface area (Å²) in [6.07, 6.45) is 1.78. The van der Waals surface area contributed by atoms with E-state index < -0.39 is 5.82 Å². The van der Waals surface area contributed by atoms with Gasteiger partial charge in [-0.3, -0.25) is 9.78 Å². The fraction of sp³-hybridized carbons (Fsp3) is 0.0769. The highest BCUT2D eigenvalue weighted by molar-refractivity contribution is 6.34. The lowest BCUT2D eigenvalue weighted by atomic mass is 10.1. The van der Waals surface area contributed by atoms with E-state index in [9.17, 15) is 9.18 Å². The number of aromatic nitrogens is 1. The molecular formula is C13H9ClFNO. The molecule has 0 spiro atoms. The molecule has 0 amide bonds. The molecule has 2 aromatic rings. The molecule has 1 heterocycles. The Labute approximate surface area is 103 Å². The topological polar surface area (TPSA) is 30.0 Å². The van der Waals surface area contributed by atoms with Crippen LogP contribution in [0.1, 0.15) is 16.1 Å². The number of nitrogens with zero attached hydrogens (tertiary/aromatic N) is 1. The molecule has 0 atom stereocenters. The first-order valence-corrected chi connectivity index (χ1v) is 5.43. The van der Waals surface area contributed by atoms with Crippen molar-refractivity contribution in [1.82, 2.24) is 4.98 Å². The van der Waals surface area contributed by atoms with Gasteiger partial charge in [0.1, 0.15) is 5.82 Å². The van der Waals surface area contributed by atoms with Gasteiger partial charge in [0.2, 0.25) is 0 Å². The summed E-state index contributed by atoms with van der Waals surface area (Å²) in [7, 11) is 0. The molecule has 0 bridgehead atoms. The largest absolute Gasteiger partial charge is 0.294 e. The Bertz CT molecular complexity index is 542. The second-order valence-corrected chi connectivity index (χ2v) is 3.95. The molecule has 0 fully saturated rings. The summed E-state index contributed by atoms with van der Waals surface area (Å²) in [6.45, 7) is 0. The third-order valence-electron chi connectivity index (χ3n) is 2.30. The van der Waals surface area contributed by atoms with Crippen molar-refractivity contribution in [2.24, 2.45) is 0 Å². The number of rotatable bonds is 3. The smallest absolute Gasteiger partial charge is 0.170 e. The number of halogens is 2. The maximum Gasteiger partial charge on any atom is 0.170 e. The molecule has 0 aliphatic carbocycles. The molecule has 17 heavy (non-hydrogen) atoms. The fourth-order valence-corrected chi connectivity index (χ4v) is 1.75. The Hall–Kier alpha value is -1.74. The second kappa shape index (κ2) is 5.06. The molecule has 0 radical (unpaired) electrons. The molecule has 0 saturated heterocycles. The number of hydrogen-bond acceptors (Lipinski definition) is 2. The van der Waals surface area contributed by atoms with Crippen molar-refractivity contribution in [2.75, 3.05) is 0 Å². The Morgan fingerprint density at radius 3 is 2.76 bits per heavy atom. The molecule has 86 valence electrons. The van der Waals surface area contributed by atoms with Gasteiger partial charge in [0.05, 0.1) is 11.4 Å². The van der Waals surface area contributed by atoms with Gasteiger partial charge < -0.3 is 0 Å². The Balaban J connectivity index is 2.21. The van der Waals surface area contributed by atoms with Gasteiger partial charge in [0, 0.05) is 17.5 Å². The monoisotopic (exact) mass is 249 g/mol. The van der Waals surface area contributed by atoms with Crippen LogP contribution in [0.4, 0.5) is 4.39 Å². The zero-order valence-corrected chi connectivity index (χ0v) is 9.62. The van der Waals surface area contributed by atoms with E-state index in [1.807, 2.05) is 6.07 Å². The van der Waals surface area contributed by atoms with Crippen LogP contribution in [0, 0.1) is 5.82 Å². The minimum Gasteiger partial charge on any atom is -0.294 e. The predicted octanol–water partition coefficient (Wildman–Crippen LogP) is 3.30. The number of Topliss-reactive ketones (excluding diaryl/α,β-unsaturated/α-hetero) is 1. The van der Waals surface area contributed by atoms with Crippen LogP contribution in [0.25, 0.3) is 0 Å². The molecule has 1 aromatic carbocycles. The fourth-order valence-electron chi connectivity index (χ4n) is 1.48. The van der Waals surface area contributed by atoms with E-state index in [0.717, 1.165) is 6.07 Å². The third-order valence-corrected chi connectivity index (χ3v) is 2.61. The molecule has 0 saturated carbocycles. The maximum atomic E-state index is 12.8. The number of ketones is 1. The van der Waals surface area contributed by atoms with Crippen molar-refractivity contribution in [3.63, 3.8) is 0 Å². The zero-order valence-electron chi connectivity index (χ0n) is 8.86. The van der Waals surface area contributed by atoms with Crippen molar-refractivity contribution in [2.45, 2.75) is 6.42 Å². The standard InChI is InChI=1S/C13H9ClFNO/c14-12-7-9(15)4-5-11(12)13(17)8-10-3-1-2-6-16-10/h1-7H,8H2. The molecule has 1 aromatic heterocycles. The van der Waals surface area contributed by atoms with Gasteiger partial charge in [0.25, 0.3) is 0 Å². The molecule has 4 heteroatoms. The number of hydrogen-bond donors (Lipinski definition) is 0. The minimum absolute atomic E-state index is 0.130. The second-order valence-electron chi connectivity index (χ2n) is 3.55. The van der Waals surface area contributed by atoms with E-state index in [1.54, 1.807) is 18.3 Å². The average Bonchev–Trinajstić information content (AvgIpc) is 2.30. The van der Waals surface area contributed by atoms with Crippen molar-refractivity contribution in [3.8, 4) is 0 Å². The van der Waals surface area contributed by atoms with Crippen LogP contribution in [-0.2, 0) is 6.42 Å². The highest BCUT2D eigenvalue weighted by Crippen LogP contribution is 2.18. The van der Waals surface area contributed by atoms with Crippen molar-refractivity contribution >= 4 is 17.4 Å². The number of carbonyl (C=O) groups excluding carboxylic acids is 1. The first kappa shape index (κ1) is 11.7. The minimum atomic E-state index is -0.454. The predicted molar refractivity (Wildman–Crippen MR) is 63.7 cm³/mol. The molecule has 2 rings (SSSR count). The van der Waals surface area contributed by atoms with Crippen LogP contribution in [0.3, 0.4) is 0 Å². The van der Waals surface area contributed by atoms with Gasteiger partial charge in [-0.1, -0.05) is 17.7 Å². The van der Waals surface area contributed by atoms with Gasteiger partial charge in [-0.25, -0.2) is 4.39 Å². The molecule has 2 nitrogen and oxygen atoms in total. The molecule has 0 N–H and O–H groups in total. The first-order chi connectivity index (χ1) is 8.16. The average molecular weight is 250 g/mol.